The number of ether oxygens (including phenoxy) is 1. The van der Waals surface area contributed by atoms with Gasteiger partial charge in [-0.3, -0.25) is 9.59 Å². The lowest BCUT2D eigenvalue weighted by Crippen LogP contribution is -2.21. The lowest BCUT2D eigenvalue weighted by molar-refractivity contribution is -0.146. The van der Waals surface area contributed by atoms with Gasteiger partial charge in [0, 0.05) is 16.3 Å². The molecule has 0 aliphatic carbocycles. The molecule has 25 heavy (non-hydrogen) atoms. The number of rotatable bonds is 8. The van der Waals surface area contributed by atoms with Crippen LogP contribution < -0.4 is 5.32 Å². The maximum Gasteiger partial charge on any atom is 0.307 e. The number of carbonyl (C=O) groups is 2. The summed E-state index contributed by atoms with van der Waals surface area (Å²) >= 11 is 1.43. The molecule has 0 bridgehead atoms. The highest BCUT2D eigenvalue weighted by molar-refractivity contribution is 7.99. The number of hydrogen-bond donors (Lipinski definition) is 1. The Hall–Kier alpha value is -2.34. The lowest BCUT2D eigenvalue weighted by Gasteiger charge is -2.10. The highest BCUT2D eigenvalue weighted by Gasteiger charge is 2.09. The fraction of sp³-hybridized carbons (Fsp3) is 0.263. The van der Waals surface area contributed by atoms with Crippen molar-refractivity contribution in [3.05, 3.63) is 59.9 Å². The van der Waals surface area contributed by atoms with Crippen molar-refractivity contribution >= 4 is 29.3 Å². The second kappa shape index (κ2) is 9.84. The minimum atomic E-state index is -0.437. The predicted molar refractivity (Wildman–Crippen MR) is 97.1 cm³/mol. The number of esters is 1. The molecule has 132 valence electrons. The van der Waals surface area contributed by atoms with Crippen LogP contribution in [0.4, 0.5) is 10.1 Å². The van der Waals surface area contributed by atoms with E-state index < -0.39 is 5.97 Å². The molecule has 2 aromatic carbocycles. The molecule has 0 radical (unpaired) electrons. The first-order valence-corrected chi connectivity index (χ1v) is 8.98. The average molecular weight is 361 g/mol. The average Bonchev–Trinajstić information content (AvgIpc) is 2.62. The van der Waals surface area contributed by atoms with Crippen LogP contribution in [0.5, 0.6) is 0 Å². The van der Waals surface area contributed by atoms with Crippen LogP contribution in [0.3, 0.4) is 0 Å². The van der Waals surface area contributed by atoms with Gasteiger partial charge in [0.05, 0.1) is 6.42 Å². The van der Waals surface area contributed by atoms with Crippen molar-refractivity contribution in [1.29, 1.82) is 0 Å². The van der Waals surface area contributed by atoms with Crippen molar-refractivity contribution in [1.82, 2.24) is 0 Å². The Labute approximate surface area is 150 Å². The zero-order valence-corrected chi connectivity index (χ0v) is 14.8. The molecule has 0 atom stereocenters. The van der Waals surface area contributed by atoms with E-state index in [1.165, 1.54) is 23.9 Å². The number of hydrogen-bond acceptors (Lipinski definition) is 4. The van der Waals surface area contributed by atoms with Gasteiger partial charge in [0.15, 0.2) is 6.61 Å². The Morgan fingerprint density at radius 1 is 1.12 bits per heavy atom. The molecule has 2 rings (SSSR count). The standard InChI is InChI=1S/C19H20FNO3S/c1-2-14-5-3-4-6-17(14)21-18(22)13-24-19(23)11-12-25-16-9-7-15(20)8-10-16/h3-10H,2,11-13H2,1H3,(H,21,22). The summed E-state index contributed by atoms with van der Waals surface area (Å²) in [5.74, 6) is -0.585. The molecule has 0 spiro atoms. The molecule has 0 saturated carbocycles. The molecule has 4 nitrogen and oxygen atoms in total. The van der Waals surface area contributed by atoms with Crippen molar-refractivity contribution in [2.75, 3.05) is 17.7 Å². The predicted octanol–water partition coefficient (Wildman–Crippen LogP) is 4.05. The first-order chi connectivity index (χ1) is 12.1. The Balaban J connectivity index is 1.68. The Morgan fingerprint density at radius 3 is 2.56 bits per heavy atom. The van der Waals surface area contributed by atoms with Crippen LogP contribution >= 0.6 is 11.8 Å². The number of halogens is 1. The highest BCUT2D eigenvalue weighted by Crippen LogP contribution is 2.19. The van der Waals surface area contributed by atoms with Gasteiger partial charge in [0.1, 0.15) is 5.82 Å². The third-order valence-corrected chi connectivity index (χ3v) is 4.44. The summed E-state index contributed by atoms with van der Waals surface area (Å²) in [4.78, 5) is 24.5. The van der Waals surface area contributed by atoms with Crippen LogP contribution in [-0.4, -0.2) is 24.2 Å². The van der Waals surface area contributed by atoms with Crippen molar-refractivity contribution in [3.63, 3.8) is 0 Å². The van der Waals surface area contributed by atoms with Gasteiger partial charge in [-0.05, 0) is 42.3 Å². The monoisotopic (exact) mass is 361 g/mol. The number of aryl methyl sites for hydroxylation is 1. The Kier molecular flexibility index (Phi) is 7.47. The van der Waals surface area contributed by atoms with E-state index in [1.54, 1.807) is 12.1 Å². The summed E-state index contributed by atoms with van der Waals surface area (Å²) < 4.78 is 17.8. The molecule has 1 amide bonds. The largest absolute Gasteiger partial charge is 0.456 e. The van der Waals surface area contributed by atoms with Gasteiger partial charge in [0.25, 0.3) is 5.91 Å². The molecule has 0 fully saturated rings. The summed E-state index contributed by atoms with van der Waals surface area (Å²) in [6.45, 7) is 1.70. The maximum atomic E-state index is 12.8. The number of carbonyl (C=O) groups excluding carboxylic acids is 2. The fourth-order valence-corrected chi connectivity index (χ4v) is 2.97. The van der Waals surface area contributed by atoms with Crippen LogP contribution in [0.1, 0.15) is 18.9 Å². The first-order valence-electron chi connectivity index (χ1n) is 8.00. The van der Waals surface area contributed by atoms with Crippen LogP contribution in [0.2, 0.25) is 0 Å². The molecule has 0 saturated heterocycles. The molecular formula is C19H20FNO3S. The summed E-state index contributed by atoms with van der Waals surface area (Å²) in [6, 6.07) is 13.6. The summed E-state index contributed by atoms with van der Waals surface area (Å²) in [5, 5.41) is 2.75. The fourth-order valence-electron chi connectivity index (χ4n) is 2.14. The van der Waals surface area contributed by atoms with Crippen molar-refractivity contribution in [2.45, 2.75) is 24.7 Å². The number of nitrogens with one attached hydrogen (secondary N) is 1. The topological polar surface area (TPSA) is 55.4 Å². The molecule has 1 N–H and O–H groups in total. The summed E-state index contributed by atoms with van der Waals surface area (Å²) in [6.07, 6.45) is 0.984. The van der Waals surface area contributed by atoms with Crippen LogP contribution in [0.25, 0.3) is 0 Å². The minimum Gasteiger partial charge on any atom is -0.456 e. The van der Waals surface area contributed by atoms with E-state index in [0.717, 1.165) is 22.6 Å². The van der Waals surface area contributed by atoms with Gasteiger partial charge in [-0.15, -0.1) is 11.8 Å². The van der Waals surface area contributed by atoms with Crippen LogP contribution in [-0.2, 0) is 20.7 Å². The van der Waals surface area contributed by atoms with Crippen LogP contribution in [0.15, 0.2) is 53.4 Å². The number of anilines is 1. The summed E-state index contributed by atoms with van der Waals surface area (Å²) in [5.41, 5.74) is 1.76. The lowest BCUT2D eigenvalue weighted by atomic mass is 10.1. The quantitative estimate of drug-likeness (QED) is 0.569. The van der Waals surface area contributed by atoms with Gasteiger partial charge in [0.2, 0.25) is 0 Å². The van der Waals surface area contributed by atoms with E-state index in [0.29, 0.717) is 5.75 Å². The number of para-hydroxylation sites is 1. The molecule has 0 heterocycles. The minimum absolute atomic E-state index is 0.181. The normalized spacial score (nSPS) is 10.3. The molecule has 0 aliphatic heterocycles. The Morgan fingerprint density at radius 2 is 1.84 bits per heavy atom. The van der Waals surface area contributed by atoms with E-state index >= 15 is 0 Å². The number of amides is 1. The van der Waals surface area contributed by atoms with Gasteiger partial charge in [-0.2, -0.15) is 0 Å². The zero-order chi connectivity index (χ0) is 18.1. The maximum absolute atomic E-state index is 12.8. The van der Waals surface area contributed by atoms with E-state index in [4.69, 9.17) is 4.74 Å². The van der Waals surface area contributed by atoms with Crippen molar-refractivity contribution < 1.29 is 18.7 Å². The van der Waals surface area contributed by atoms with Crippen molar-refractivity contribution in [3.8, 4) is 0 Å². The highest BCUT2D eigenvalue weighted by atomic mass is 32.2. The van der Waals surface area contributed by atoms with Gasteiger partial charge in [-0.1, -0.05) is 25.1 Å². The first kappa shape index (κ1) is 19.0. The van der Waals surface area contributed by atoms with Crippen molar-refractivity contribution in [2.24, 2.45) is 0 Å². The number of thioether (sulfide) groups is 1. The SMILES string of the molecule is CCc1ccccc1NC(=O)COC(=O)CCSc1ccc(F)cc1. The molecule has 0 aromatic heterocycles. The van der Waals surface area contributed by atoms with E-state index in [-0.39, 0.29) is 24.8 Å². The summed E-state index contributed by atoms with van der Waals surface area (Å²) in [7, 11) is 0. The molecule has 6 heteroatoms. The molecular weight excluding hydrogens is 341 g/mol. The van der Waals surface area contributed by atoms with Gasteiger partial charge in [-0.25, -0.2) is 4.39 Å². The molecule has 0 unspecified atom stereocenters. The molecule has 0 aliphatic rings. The van der Waals surface area contributed by atoms with Gasteiger partial charge >= 0.3 is 5.97 Å². The third kappa shape index (κ3) is 6.58. The third-order valence-electron chi connectivity index (χ3n) is 3.43. The van der Waals surface area contributed by atoms with Gasteiger partial charge < -0.3 is 10.1 Å². The second-order valence-electron chi connectivity index (χ2n) is 5.27. The smallest absolute Gasteiger partial charge is 0.307 e. The van der Waals surface area contributed by atoms with E-state index in [9.17, 15) is 14.0 Å². The van der Waals surface area contributed by atoms with E-state index in [1.807, 2.05) is 31.2 Å². The molecule has 2 aromatic rings. The second-order valence-corrected chi connectivity index (χ2v) is 6.44. The Bertz CT molecular complexity index is 719. The zero-order valence-electron chi connectivity index (χ0n) is 14.0. The van der Waals surface area contributed by atoms with Crippen LogP contribution in [0, 0.1) is 5.82 Å². The number of benzene rings is 2. The van der Waals surface area contributed by atoms with E-state index in [2.05, 4.69) is 5.32 Å².